The second-order valence-electron chi connectivity index (χ2n) is 6.86. The smallest absolute Gasteiger partial charge is 0.407 e. The van der Waals surface area contributed by atoms with Crippen molar-refractivity contribution in [3.63, 3.8) is 0 Å². The van der Waals surface area contributed by atoms with E-state index in [0.29, 0.717) is 12.5 Å². The number of nitrogens with one attached hydrogen (secondary N) is 2. The van der Waals surface area contributed by atoms with Crippen molar-refractivity contribution in [1.29, 1.82) is 0 Å². The number of carbonyl (C=O) groups excluding carboxylic acids is 1. The number of amides is 1. The van der Waals surface area contributed by atoms with Gasteiger partial charge in [0.05, 0.1) is 0 Å². The van der Waals surface area contributed by atoms with Gasteiger partial charge in [-0.1, -0.05) is 19.9 Å². The molecule has 0 bridgehead atoms. The molecule has 0 spiro atoms. The van der Waals surface area contributed by atoms with Crippen molar-refractivity contribution in [2.75, 3.05) is 6.54 Å². The average Bonchev–Trinajstić information content (AvgIpc) is 2.40. The van der Waals surface area contributed by atoms with Crippen LogP contribution in [0.3, 0.4) is 0 Å². The lowest BCUT2D eigenvalue weighted by Gasteiger charge is -2.25. The first-order valence-electron chi connectivity index (χ1n) is 7.72. The maximum Gasteiger partial charge on any atom is 0.407 e. The molecule has 130 valence electrons. The van der Waals surface area contributed by atoms with E-state index in [1.165, 1.54) is 5.56 Å². The molecule has 4 nitrogen and oxygen atoms in total. The van der Waals surface area contributed by atoms with Crippen LogP contribution in [0.1, 0.15) is 40.2 Å². The van der Waals surface area contributed by atoms with Crippen LogP contribution in [0.5, 0.6) is 0 Å². The molecule has 2 N–H and O–H groups in total. The summed E-state index contributed by atoms with van der Waals surface area (Å²) in [6.45, 7) is 11.1. The van der Waals surface area contributed by atoms with Crippen LogP contribution >= 0.6 is 31.9 Å². The Kier molecular flexibility index (Phi) is 8.04. The highest BCUT2D eigenvalue weighted by Gasteiger charge is 2.18. The summed E-state index contributed by atoms with van der Waals surface area (Å²) in [5, 5.41) is 6.33. The molecule has 0 saturated heterocycles. The van der Waals surface area contributed by atoms with E-state index in [0.717, 1.165) is 15.5 Å². The van der Waals surface area contributed by atoms with E-state index >= 15 is 0 Å². The fourth-order valence-corrected chi connectivity index (χ4v) is 2.62. The minimum absolute atomic E-state index is 0.171. The molecule has 0 radical (unpaired) electrons. The van der Waals surface area contributed by atoms with Crippen LogP contribution in [0.4, 0.5) is 4.79 Å². The maximum absolute atomic E-state index is 11.8. The summed E-state index contributed by atoms with van der Waals surface area (Å²) in [5.74, 6) is 0.392. The second-order valence-corrected chi connectivity index (χ2v) is 8.57. The SMILES string of the molecule is CC(C)C(CNC(=O)OC(C)(C)C)NCc1ccc(Br)c(Br)c1. The lowest BCUT2D eigenvalue weighted by atomic mass is 10.0. The van der Waals surface area contributed by atoms with Crippen LogP contribution in [-0.2, 0) is 11.3 Å². The molecule has 0 saturated carbocycles. The maximum atomic E-state index is 11.8. The number of hydrogen-bond acceptors (Lipinski definition) is 3. The van der Waals surface area contributed by atoms with Gasteiger partial charge in [-0.25, -0.2) is 4.79 Å². The lowest BCUT2D eigenvalue weighted by Crippen LogP contribution is -2.45. The van der Waals surface area contributed by atoms with E-state index in [1.54, 1.807) is 0 Å². The van der Waals surface area contributed by atoms with Gasteiger partial charge in [-0.15, -0.1) is 0 Å². The fraction of sp³-hybridized carbons (Fsp3) is 0.588. The molecule has 6 heteroatoms. The van der Waals surface area contributed by atoms with E-state index in [2.05, 4.69) is 68.5 Å². The summed E-state index contributed by atoms with van der Waals surface area (Å²) in [5.41, 5.74) is 0.706. The van der Waals surface area contributed by atoms with Crippen molar-refractivity contribution in [3.05, 3.63) is 32.7 Å². The van der Waals surface area contributed by atoms with Crippen LogP contribution in [0.2, 0.25) is 0 Å². The third-order valence-corrected chi connectivity index (χ3v) is 5.10. The first-order valence-corrected chi connectivity index (χ1v) is 9.31. The Labute approximate surface area is 156 Å². The van der Waals surface area contributed by atoms with E-state index in [-0.39, 0.29) is 12.1 Å². The Morgan fingerprint density at radius 3 is 2.39 bits per heavy atom. The monoisotopic (exact) mass is 448 g/mol. The van der Waals surface area contributed by atoms with E-state index in [1.807, 2.05) is 26.8 Å². The molecule has 1 aromatic carbocycles. The summed E-state index contributed by atoms with van der Waals surface area (Å²) in [4.78, 5) is 11.8. The molecule has 1 atom stereocenters. The lowest BCUT2D eigenvalue weighted by molar-refractivity contribution is 0.0519. The highest BCUT2D eigenvalue weighted by Crippen LogP contribution is 2.23. The van der Waals surface area contributed by atoms with Crippen molar-refractivity contribution in [3.8, 4) is 0 Å². The van der Waals surface area contributed by atoms with Crippen LogP contribution in [-0.4, -0.2) is 24.3 Å². The van der Waals surface area contributed by atoms with Crippen LogP contribution < -0.4 is 10.6 Å². The van der Waals surface area contributed by atoms with Gasteiger partial charge >= 0.3 is 6.09 Å². The predicted molar refractivity (Wildman–Crippen MR) is 102 cm³/mol. The fourth-order valence-electron chi connectivity index (χ4n) is 1.95. The third-order valence-electron chi connectivity index (χ3n) is 3.22. The molecular weight excluding hydrogens is 424 g/mol. The van der Waals surface area contributed by atoms with Gasteiger partial charge in [0.2, 0.25) is 0 Å². The van der Waals surface area contributed by atoms with Gasteiger partial charge in [0.25, 0.3) is 0 Å². The van der Waals surface area contributed by atoms with Crippen molar-refractivity contribution in [1.82, 2.24) is 10.6 Å². The Morgan fingerprint density at radius 1 is 1.22 bits per heavy atom. The topological polar surface area (TPSA) is 50.4 Å². The number of benzene rings is 1. The minimum Gasteiger partial charge on any atom is -0.444 e. The summed E-state index contributed by atoms with van der Waals surface area (Å²) in [7, 11) is 0. The number of carbonyl (C=O) groups is 1. The molecule has 0 aromatic heterocycles. The quantitative estimate of drug-likeness (QED) is 0.652. The molecule has 23 heavy (non-hydrogen) atoms. The Morgan fingerprint density at radius 2 is 1.87 bits per heavy atom. The van der Waals surface area contributed by atoms with E-state index in [4.69, 9.17) is 4.74 Å². The van der Waals surface area contributed by atoms with Gasteiger partial charge in [-0.05, 0) is 76.2 Å². The highest BCUT2D eigenvalue weighted by atomic mass is 79.9. The van der Waals surface area contributed by atoms with Gasteiger partial charge in [-0.3, -0.25) is 0 Å². The van der Waals surface area contributed by atoms with Crippen LogP contribution in [0.25, 0.3) is 0 Å². The molecule has 0 aliphatic rings. The molecule has 0 aliphatic carbocycles. The standard InChI is InChI=1S/C17H26Br2N2O2/c1-11(2)15(10-21-16(22)23-17(3,4)5)20-9-12-6-7-13(18)14(19)8-12/h6-8,11,15,20H,9-10H2,1-5H3,(H,21,22). The highest BCUT2D eigenvalue weighted by molar-refractivity contribution is 9.13. The predicted octanol–water partition coefficient (Wildman–Crippen LogP) is 4.85. The van der Waals surface area contributed by atoms with Gasteiger partial charge in [0.15, 0.2) is 0 Å². The minimum atomic E-state index is -0.478. The number of alkyl carbamates (subject to hydrolysis) is 1. The zero-order valence-electron chi connectivity index (χ0n) is 14.4. The molecule has 1 amide bonds. The second kappa shape index (κ2) is 9.04. The van der Waals surface area contributed by atoms with Crippen LogP contribution in [0, 0.1) is 5.92 Å². The molecule has 0 heterocycles. The Hall–Kier alpha value is -0.590. The third kappa shape index (κ3) is 8.18. The number of rotatable bonds is 6. The first kappa shape index (κ1) is 20.5. The molecule has 1 unspecified atom stereocenters. The van der Waals surface area contributed by atoms with Gasteiger partial charge in [0, 0.05) is 28.1 Å². The number of halogens is 2. The van der Waals surface area contributed by atoms with Crippen LogP contribution in [0.15, 0.2) is 27.1 Å². The van der Waals surface area contributed by atoms with E-state index < -0.39 is 5.60 Å². The Bertz CT molecular complexity index is 528. The largest absolute Gasteiger partial charge is 0.444 e. The molecule has 1 rings (SSSR count). The zero-order valence-corrected chi connectivity index (χ0v) is 17.5. The Balaban J connectivity index is 2.52. The average molecular weight is 450 g/mol. The summed E-state index contributed by atoms with van der Waals surface area (Å²) in [6, 6.07) is 6.34. The molecule has 0 fully saturated rings. The number of hydrogen-bond donors (Lipinski definition) is 2. The first-order chi connectivity index (χ1) is 10.6. The zero-order chi connectivity index (χ0) is 17.6. The molecular formula is C17H26Br2N2O2. The van der Waals surface area contributed by atoms with Crippen molar-refractivity contribution < 1.29 is 9.53 Å². The number of ether oxygens (including phenoxy) is 1. The van der Waals surface area contributed by atoms with Gasteiger partial charge in [-0.2, -0.15) is 0 Å². The van der Waals surface area contributed by atoms with Crippen molar-refractivity contribution in [2.45, 2.75) is 52.8 Å². The summed E-state index contributed by atoms with van der Waals surface area (Å²) >= 11 is 6.98. The molecule has 0 aliphatic heterocycles. The van der Waals surface area contributed by atoms with Crippen molar-refractivity contribution in [2.24, 2.45) is 5.92 Å². The summed E-state index contributed by atoms with van der Waals surface area (Å²) in [6.07, 6.45) is -0.378. The normalized spacial score (nSPS) is 13.0. The van der Waals surface area contributed by atoms with E-state index in [9.17, 15) is 4.79 Å². The van der Waals surface area contributed by atoms with Crippen molar-refractivity contribution >= 4 is 38.0 Å². The van der Waals surface area contributed by atoms with Gasteiger partial charge in [0.1, 0.15) is 5.60 Å². The van der Waals surface area contributed by atoms with Gasteiger partial charge < -0.3 is 15.4 Å². The molecule has 1 aromatic rings. The summed E-state index contributed by atoms with van der Waals surface area (Å²) < 4.78 is 7.34.